The van der Waals surface area contributed by atoms with E-state index < -0.39 is 0 Å². The third-order valence-electron chi connectivity index (χ3n) is 2.11. The summed E-state index contributed by atoms with van der Waals surface area (Å²) >= 11 is 3.47. The van der Waals surface area contributed by atoms with E-state index >= 15 is 0 Å². The number of hydrogen-bond acceptors (Lipinski definition) is 1. The van der Waals surface area contributed by atoms with Gasteiger partial charge < -0.3 is 4.74 Å². The molecule has 1 rings (SSSR count). The number of methoxy groups -OCH3 is 1. The van der Waals surface area contributed by atoms with Crippen LogP contribution in [0.1, 0.15) is 17.5 Å². The molecular weight excluding hydrogens is 228 g/mol. The summed E-state index contributed by atoms with van der Waals surface area (Å²) in [5.74, 6) is 0. The van der Waals surface area contributed by atoms with E-state index in [4.69, 9.17) is 4.74 Å². The lowest BCUT2D eigenvalue weighted by Gasteiger charge is -2.05. The predicted molar refractivity (Wildman–Crippen MR) is 59.1 cm³/mol. The first-order valence-corrected chi connectivity index (χ1v) is 5.27. The first kappa shape index (κ1) is 10.7. The van der Waals surface area contributed by atoms with E-state index in [1.165, 1.54) is 11.1 Å². The Balaban J connectivity index is 2.59. The van der Waals surface area contributed by atoms with Crippen molar-refractivity contribution in [1.29, 1.82) is 0 Å². The largest absolute Gasteiger partial charge is 0.385 e. The van der Waals surface area contributed by atoms with Crippen molar-refractivity contribution in [2.24, 2.45) is 0 Å². The summed E-state index contributed by atoms with van der Waals surface area (Å²) in [6.45, 7) is 2.99. The van der Waals surface area contributed by atoms with Crippen molar-refractivity contribution in [3.63, 3.8) is 0 Å². The van der Waals surface area contributed by atoms with E-state index in [0.29, 0.717) is 0 Å². The number of aryl methyl sites for hydroxylation is 2. The molecule has 0 saturated heterocycles. The van der Waals surface area contributed by atoms with Gasteiger partial charge in [-0.05, 0) is 43.0 Å². The highest BCUT2D eigenvalue weighted by Gasteiger charge is 1.98. The molecule has 0 unspecified atom stereocenters. The van der Waals surface area contributed by atoms with Crippen LogP contribution in [0.15, 0.2) is 22.7 Å². The third kappa shape index (κ3) is 3.49. The van der Waals surface area contributed by atoms with Crippen LogP contribution in [0.4, 0.5) is 0 Å². The summed E-state index contributed by atoms with van der Waals surface area (Å²) in [6, 6.07) is 6.41. The summed E-state index contributed by atoms with van der Waals surface area (Å²) in [6.07, 6.45) is 2.19. The SMILES string of the molecule is COCCCc1cc(Br)ccc1C. The standard InChI is InChI=1S/C11H15BrO/c1-9-5-6-11(12)8-10(9)4-3-7-13-2/h5-6,8H,3-4,7H2,1-2H3. The van der Waals surface area contributed by atoms with Gasteiger partial charge in [-0.15, -0.1) is 0 Å². The topological polar surface area (TPSA) is 9.23 Å². The maximum atomic E-state index is 5.02. The lowest BCUT2D eigenvalue weighted by atomic mass is 10.0. The zero-order chi connectivity index (χ0) is 9.68. The van der Waals surface area contributed by atoms with Crippen molar-refractivity contribution in [3.05, 3.63) is 33.8 Å². The fraction of sp³-hybridized carbons (Fsp3) is 0.455. The Kier molecular flexibility index (Phi) is 4.46. The highest BCUT2D eigenvalue weighted by atomic mass is 79.9. The molecule has 0 heterocycles. The van der Waals surface area contributed by atoms with E-state index in [1.807, 2.05) is 0 Å². The second kappa shape index (κ2) is 5.40. The Morgan fingerprint density at radius 2 is 2.15 bits per heavy atom. The highest BCUT2D eigenvalue weighted by molar-refractivity contribution is 9.10. The number of hydrogen-bond donors (Lipinski definition) is 0. The zero-order valence-electron chi connectivity index (χ0n) is 8.14. The normalized spacial score (nSPS) is 10.4. The molecule has 0 radical (unpaired) electrons. The van der Waals surface area contributed by atoms with E-state index in [-0.39, 0.29) is 0 Å². The average molecular weight is 243 g/mol. The Morgan fingerprint density at radius 1 is 1.38 bits per heavy atom. The van der Waals surface area contributed by atoms with Crippen LogP contribution in [0, 0.1) is 6.92 Å². The van der Waals surface area contributed by atoms with E-state index in [0.717, 1.165) is 23.9 Å². The number of benzene rings is 1. The molecule has 1 nitrogen and oxygen atoms in total. The van der Waals surface area contributed by atoms with Gasteiger partial charge in [0, 0.05) is 18.2 Å². The van der Waals surface area contributed by atoms with Gasteiger partial charge in [0.1, 0.15) is 0 Å². The van der Waals surface area contributed by atoms with Crippen LogP contribution in [0.2, 0.25) is 0 Å². The highest BCUT2D eigenvalue weighted by Crippen LogP contribution is 2.17. The monoisotopic (exact) mass is 242 g/mol. The average Bonchev–Trinajstić information content (AvgIpc) is 2.11. The lowest BCUT2D eigenvalue weighted by molar-refractivity contribution is 0.195. The van der Waals surface area contributed by atoms with Gasteiger partial charge in [0.25, 0.3) is 0 Å². The molecule has 0 aliphatic heterocycles. The Bertz CT molecular complexity index is 271. The van der Waals surface area contributed by atoms with Gasteiger partial charge in [-0.2, -0.15) is 0 Å². The maximum absolute atomic E-state index is 5.02. The second-order valence-corrected chi connectivity index (χ2v) is 4.08. The molecule has 0 spiro atoms. The van der Waals surface area contributed by atoms with Gasteiger partial charge in [0.15, 0.2) is 0 Å². The van der Waals surface area contributed by atoms with Gasteiger partial charge >= 0.3 is 0 Å². The molecule has 0 aliphatic carbocycles. The molecule has 0 bridgehead atoms. The van der Waals surface area contributed by atoms with Gasteiger partial charge in [-0.1, -0.05) is 22.0 Å². The molecule has 0 atom stereocenters. The third-order valence-corrected chi connectivity index (χ3v) is 2.60. The molecule has 0 amide bonds. The van der Waals surface area contributed by atoms with Gasteiger partial charge in [0.05, 0.1) is 0 Å². The fourth-order valence-electron chi connectivity index (χ4n) is 1.32. The van der Waals surface area contributed by atoms with Crippen LogP contribution in [0.5, 0.6) is 0 Å². The van der Waals surface area contributed by atoms with Crippen molar-refractivity contribution in [2.45, 2.75) is 19.8 Å². The van der Waals surface area contributed by atoms with Gasteiger partial charge in [-0.3, -0.25) is 0 Å². The summed E-state index contributed by atoms with van der Waals surface area (Å²) in [5, 5.41) is 0. The molecule has 13 heavy (non-hydrogen) atoms. The molecule has 2 heteroatoms. The Hall–Kier alpha value is -0.340. The zero-order valence-corrected chi connectivity index (χ0v) is 9.73. The molecule has 72 valence electrons. The molecule has 0 aliphatic rings. The summed E-state index contributed by atoms with van der Waals surface area (Å²) < 4.78 is 6.18. The first-order chi connectivity index (χ1) is 6.24. The van der Waals surface area contributed by atoms with E-state index in [9.17, 15) is 0 Å². The van der Waals surface area contributed by atoms with Crippen LogP contribution in [0.3, 0.4) is 0 Å². The minimum atomic E-state index is 0.839. The quantitative estimate of drug-likeness (QED) is 0.737. The Morgan fingerprint density at radius 3 is 2.85 bits per heavy atom. The van der Waals surface area contributed by atoms with E-state index in [1.54, 1.807) is 7.11 Å². The minimum absolute atomic E-state index is 0.839. The molecule has 0 N–H and O–H groups in total. The predicted octanol–water partition coefficient (Wildman–Crippen LogP) is 3.34. The molecule has 0 aromatic heterocycles. The molecule has 0 saturated carbocycles. The molecule has 0 fully saturated rings. The summed E-state index contributed by atoms with van der Waals surface area (Å²) in [4.78, 5) is 0. The van der Waals surface area contributed by atoms with Crippen LogP contribution in [0.25, 0.3) is 0 Å². The molecular formula is C11H15BrO. The van der Waals surface area contributed by atoms with Crippen molar-refractivity contribution in [2.75, 3.05) is 13.7 Å². The van der Waals surface area contributed by atoms with Crippen molar-refractivity contribution in [3.8, 4) is 0 Å². The second-order valence-electron chi connectivity index (χ2n) is 3.17. The Labute approximate surface area is 88.2 Å². The smallest absolute Gasteiger partial charge is 0.0465 e. The van der Waals surface area contributed by atoms with Crippen LogP contribution in [-0.4, -0.2) is 13.7 Å². The fourth-order valence-corrected chi connectivity index (χ4v) is 1.72. The van der Waals surface area contributed by atoms with Crippen LogP contribution >= 0.6 is 15.9 Å². The van der Waals surface area contributed by atoms with Crippen molar-refractivity contribution in [1.82, 2.24) is 0 Å². The summed E-state index contributed by atoms with van der Waals surface area (Å²) in [7, 11) is 1.74. The first-order valence-electron chi connectivity index (χ1n) is 4.48. The van der Waals surface area contributed by atoms with Crippen molar-refractivity contribution < 1.29 is 4.74 Å². The van der Waals surface area contributed by atoms with E-state index in [2.05, 4.69) is 41.1 Å². The molecule has 1 aromatic carbocycles. The maximum Gasteiger partial charge on any atom is 0.0465 e. The lowest BCUT2D eigenvalue weighted by Crippen LogP contribution is -1.94. The number of halogens is 1. The number of ether oxygens (including phenoxy) is 1. The number of rotatable bonds is 4. The summed E-state index contributed by atoms with van der Waals surface area (Å²) in [5.41, 5.74) is 2.77. The van der Waals surface area contributed by atoms with Gasteiger partial charge in [0.2, 0.25) is 0 Å². The minimum Gasteiger partial charge on any atom is -0.385 e. The van der Waals surface area contributed by atoms with Crippen LogP contribution in [-0.2, 0) is 11.2 Å². The van der Waals surface area contributed by atoms with Crippen LogP contribution < -0.4 is 0 Å². The molecule has 1 aromatic rings. The van der Waals surface area contributed by atoms with Crippen molar-refractivity contribution >= 4 is 15.9 Å². The van der Waals surface area contributed by atoms with Gasteiger partial charge in [-0.25, -0.2) is 0 Å².